The number of fused-ring (bicyclic) bond motifs is 1. The van der Waals surface area contributed by atoms with E-state index >= 15 is 0 Å². The fourth-order valence-corrected chi connectivity index (χ4v) is 3.88. The van der Waals surface area contributed by atoms with Crippen molar-refractivity contribution >= 4 is 5.91 Å². The van der Waals surface area contributed by atoms with E-state index in [1.807, 2.05) is 30.3 Å². The normalized spacial score (nSPS) is 23.5. The number of para-hydroxylation sites is 1. The third kappa shape index (κ3) is 3.69. The Hall–Kier alpha value is -2.34. The number of piperidine rings is 1. The number of likely N-dealkylation sites (tertiary alicyclic amines) is 1. The van der Waals surface area contributed by atoms with Crippen LogP contribution in [0.25, 0.3) is 0 Å². The number of hydrogen-bond donors (Lipinski definition) is 2. The lowest BCUT2D eigenvalue weighted by Crippen LogP contribution is -2.43. The van der Waals surface area contributed by atoms with Crippen molar-refractivity contribution in [3.63, 3.8) is 0 Å². The van der Waals surface area contributed by atoms with Crippen LogP contribution < -0.4 is 10.1 Å². The molecule has 1 aromatic carbocycles. The Labute approximate surface area is 147 Å². The van der Waals surface area contributed by atoms with Gasteiger partial charge in [-0.15, -0.1) is 0 Å². The molecule has 25 heavy (non-hydrogen) atoms. The average Bonchev–Trinajstić information content (AvgIpc) is 3.17. The second-order valence-corrected chi connectivity index (χ2v) is 6.88. The van der Waals surface area contributed by atoms with Gasteiger partial charge >= 0.3 is 0 Å². The van der Waals surface area contributed by atoms with Crippen LogP contribution in [0.1, 0.15) is 42.5 Å². The zero-order chi connectivity index (χ0) is 17.1. The quantitative estimate of drug-likeness (QED) is 0.895. The number of ether oxygens (including phenoxy) is 1. The number of H-pyrrole nitrogens is 1. The number of benzene rings is 1. The molecule has 1 amide bonds. The number of nitrogens with zero attached hydrogens (tertiary/aromatic N) is 2. The molecular formula is C19H24N4O2. The summed E-state index contributed by atoms with van der Waals surface area (Å²) in [6.07, 6.45) is 4.87. The third-order valence-corrected chi connectivity index (χ3v) is 5.13. The number of amides is 1. The predicted molar refractivity (Wildman–Crippen MR) is 94.4 cm³/mol. The number of nitrogens with one attached hydrogen (secondary N) is 2. The molecule has 0 aliphatic carbocycles. The Balaban J connectivity index is 1.35. The number of rotatable bonds is 4. The fraction of sp³-hybridized carbons (Fsp3) is 0.474. The molecule has 1 fully saturated rings. The second kappa shape index (κ2) is 7.27. The van der Waals surface area contributed by atoms with Crippen molar-refractivity contribution in [3.8, 4) is 5.75 Å². The van der Waals surface area contributed by atoms with Gasteiger partial charge in [-0.05, 0) is 31.5 Å². The molecule has 4 rings (SSSR count). The minimum atomic E-state index is 0.0469. The first-order chi connectivity index (χ1) is 12.3. The summed E-state index contributed by atoms with van der Waals surface area (Å²) >= 11 is 0. The van der Waals surface area contributed by atoms with Crippen molar-refractivity contribution in [3.05, 3.63) is 47.8 Å². The van der Waals surface area contributed by atoms with E-state index in [1.165, 1.54) is 5.69 Å². The molecule has 3 heterocycles. The highest BCUT2D eigenvalue weighted by Gasteiger charge is 2.26. The Morgan fingerprint density at radius 2 is 2.24 bits per heavy atom. The van der Waals surface area contributed by atoms with Gasteiger partial charge in [0.1, 0.15) is 5.75 Å². The molecule has 0 bridgehead atoms. The molecule has 1 saturated heterocycles. The third-order valence-electron chi connectivity index (χ3n) is 5.13. The fourth-order valence-electron chi connectivity index (χ4n) is 3.88. The number of aromatic amines is 1. The molecule has 6 nitrogen and oxygen atoms in total. The van der Waals surface area contributed by atoms with Gasteiger partial charge < -0.3 is 10.1 Å². The van der Waals surface area contributed by atoms with E-state index in [-0.39, 0.29) is 11.9 Å². The molecule has 0 saturated carbocycles. The van der Waals surface area contributed by atoms with Crippen molar-refractivity contribution in [1.29, 1.82) is 0 Å². The maximum absolute atomic E-state index is 12.6. The second-order valence-electron chi connectivity index (χ2n) is 6.88. The number of carbonyl (C=O) groups is 1. The standard InChI is InChI=1S/C19H24N4O2/c24-19(21-17-8-11-25-18-6-2-1-5-15(17)18)13-23-10-3-4-14(12-23)16-7-9-20-22-16/h1-2,5-7,9,14,17H,3-4,8,10-13H2,(H,20,22)(H,21,24)/t14-,17+/m0/s1. The minimum absolute atomic E-state index is 0.0469. The van der Waals surface area contributed by atoms with Gasteiger partial charge in [0.15, 0.2) is 0 Å². The molecule has 0 unspecified atom stereocenters. The summed E-state index contributed by atoms with van der Waals surface area (Å²) < 4.78 is 5.67. The predicted octanol–water partition coefficient (Wildman–Crippen LogP) is 2.23. The lowest BCUT2D eigenvalue weighted by molar-refractivity contribution is -0.123. The molecule has 1 aromatic heterocycles. The summed E-state index contributed by atoms with van der Waals surface area (Å²) in [7, 11) is 0. The molecule has 0 radical (unpaired) electrons. The van der Waals surface area contributed by atoms with E-state index < -0.39 is 0 Å². The van der Waals surface area contributed by atoms with Crippen LogP contribution in [0.4, 0.5) is 0 Å². The maximum atomic E-state index is 12.6. The van der Waals surface area contributed by atoms with E-state index in [0.29, 0.717) is 19.1 Å². The minimum Gasteiger partial charge on any atom is -0.493 e. The Kier molecular flexibility index (Phi) is 4.70. The largest absolute Gasteiger partial charge is 0.493 e. The molecule has 2 N–H and O–H groups in total. The van der Waals surface area contributed by atoms with Crippen molar-refractivity contribution in [2.75, 3.05) is 26.2 Å². The van der Waals surface area contributed by atoms with Gasteiger partial charge in [0, 0.05) is 36.3 Å². The molecule has 2 aliphatic rings. The summed E-state index contributed by atoms with van der Waals surface area (Å²) in [5.41, 5.74) is 2.25. The average molecular weight is 340 g/mol. The van der Waals surface area contributed by atoms with Crippen molar-refractivity contribution in [2.45, 2.75) is 31.2 Å². The first-order valence-corrected chi connectivity index (χ1v) is 9.02. The summed E-state index contributed by atoms with van der Waals surface area (Å²) in [5, 5.41) is 10.3. The maximum Gasteiger partial charge on any atom is 0.234 e. The molecular weight excluding hydrogens is 316 g/mol. The van der Waals surface area contributed by atoms with Crippen LogP contribution in [0, 0.1) is 0 Å². The van der Waals surface area contributed by atoms with Crippen LogP contribution in [0.2, 0.25) is 0 Å². The smallest absolute Gasteiger partial charge is 0.234 e. The van der Waals surface area contributed by atoms with E-state index in [9.17, 15) is 4.79 Å². The lowest BCUT2D eigenvalue weighted by Gasteiger charge is -2.32. The summed E-state index contributed by atoms with van der Waals surface area (Å²) in [6, 6.07) is 10.0. The van der Waals surface area contributed by atoms with Crippen LogP contribution in [0.5, 0.6) is 5.75 Å². The van der Waals surface area contributed by atoms with E-state index in [1.54, 1.807) is 6.20 Å². The van der Waals surface area contributed by atoms with Crippen molar-refractivity contribution in [2.24, 2.45) is 0 Å². The summed E-state index contributed by atoms with van der Waals surface area (Å²) in [6.45, 7) is 2.97. The van der Waals surface area contributed by atoms with E-state index in [0.717, 1.165) is 43.7 Å². The van der Waals surface area contributed by atoms with Crippen LogP contribution in [0.15, 0.2) is 36.5 Å². The first-order valence-electron chi connectivity index (χ1n) is 9.02. The SMILES string of the molecule is O=C(CN1CCC[C@H](c2ccn[nH]2)C1)N[C@@H]1CCOc2ccccc21. The van der Waals surface area contributed by atoms with Gasteiger partial charge in [0.2, 0.25) is 5.91 Å². The highest BCUT2D eigenvalue weighted by atomic mass is 16.5. The number of carbonyl (C=O) groups excluding carboxylic acids is 1. The molecule has 2 aromatic rings. The Morgan fingerprint density at radius 1 is 1.32 bits per heavy atom. The highest BCUT2D eigenvalue weighted by molar-refractivity contribution is 5.78. The van der Waals surface area contributed by atoms with Gasteiger partial charge in [-0.3, -0.25) is 14.8 Å². The van der Waals surface area contributed by atoms with Crippen LogP contribution in [-0.4, -0.2) is 47.2 Å². The number of aromatic nitrogens is 2. The van der Waals surface area contributed by atoms with Crippen LogP contribution in [0.3, 0.4) is 0 Å². The first kappa shape index (κ1) is 16.1. The molecule has 0 spiro atoms. The van der Waals surface area contributed by atoms with Crippen LogP contribution >= 0.6 is 0 Å². The van der Waals surface area contributed by atoms with E-state index in [4.69, 9.17) is 4.74 Å². The van der Waals surface area contributed by atoms with Crippen LogP contribution in [-0.2, 0) is 4.79 Å². The number of hydrogen-bond acceptors (Lipinski definition) is 4. The molecule has 132 valence electrons. The Morgan fingerprint density at radius 3 is 3.12 bits per heavy atom. The van der Waals surface area contributed by atoms with Gasteiger partial charge in [0.25, 0.3) is 0 Å². The molecule has 6 heteroatoms. The van der Waals surface area contributed by atoms with E-state index in [2.05, 4.69) is 20.4 Å². The van der Waals surface area contributed by atoms with Crippen molar-refractivity contribution < 1.29 is 9.53 Å². The monoisotopic (exact) mass is 340 g/mol. The topological polar surface area (TPSA) is 70.2 Å². The van der Waals surface area contributed by atoms with Crippen molar-refractivity contribution in [1.82, 2.24) is 20.4 Å². The van der Waals surface area contributed by atoms with Gasteiger partial charge in [-0.1, -0.05) is 18.2 Å². The molecule has 2 aliphatic heterocycles. The van der Waals surface area contributed by atoms with Gasteiger partial charge in [-0.25, -0.2) is 0 Å². The highest BCUT2D eigenvalue weighted by Crippen LogP contribution is 2.31. The zero-order valence-electron chi connectivity index (χ0n) is 14.3. The lowest BCUT2D eigenvalue weighted by atomic mass is 9.95. The molecule has 2 atom stereocenters. The Bertz CT molecular complexity index is 716. The summed E-state index contributed by atoms with van der Waals surface area (Å²) in [4.78, 5) is 14.8. The zero-order valence-corrected chi connectivity index (χ0v) is 14.3. The van der Waals surface area contributed by atoms with Gasteiger partial charge in [-0.2, -0.15) is 5.10 Å². The van der Waals surface area contributed by atoms with Gasteiger partial charge in [0.05, 0.1) is 19.2 Å². The summed E-state index contributed by atoms with van der Waals surface area (Å²) in [5.74, 6) is 1.41.